The number of likely N-dealkylation sites (tertiary alicyclic amines) is 1. The van der Waals surface area contributed by atoms with Crippen LogP contribution in [0, 0.1) is 5.92 Å². The van der Waals surface area contributed by atoms with Gasteiger partial charge in [-0.05, 0) is 56.6 Å². The van der Waals surface area contributed by atoms with E-state index in [2.05, 4.69) is 20.7 Å². The number of nitrogens with zero attached hydrogens (tertiary/aromatic N) is 5. The summed E-state index contributed by atoms with van der Waals surface area (Å²) in [6.45, 7) is 4.83. The van der Waals surface area contributed by atoms with E-state index in [0.717, 1.165) is 51.3 Å². The van der Waals surface area contributed by atoms with E-state index in [1.165, 1.54) is 49.1 Å². The first-order chi connectivity index (χ1) is 12.7. The minimum absolute atomic E-state index is 0.0749. The van der Waals surface area contributed by atoms with Crippen LogP contribution in [0.1, 0.15) is 48.3 Å². The smallest absolute Gasteiger partial charge is 0.267 e. The molecule has 5 rings (SSSR count). The Kier molecular flexibility index (Phi) is 4.15. The second kappa shape index (κ2) is 6.65. The van der Waals surface area contributed by atoms with Crippen molar-refractivity contribution in [3.63, 3.8) is 0 Å². The molecule has 2 aliphatic heterocycles. The number of fused-ring (bicyclic) bond motifs is 2. The SMILES string of the molecule is O=c1cc2c(nn1CC1CN(Cc3cc4n(n3)CCCC4)C1)CCCC2. The molecule has 2 aromatic rings. The van der Waals surface area contributed by atoms with Crippen LogP contribution in [0.4, 0.5) is 0 Å². The molecule has 0 N–H and O–H groups in total. The van der Waals surface area contributed by atoms with Crippen LogP contribution in [-0.4, -0.2) is 37.6 Å². The van der Waals surface area contributed by atoms with Crippen molar-refractivity contribution in [2.24, 2.45) is 5.92 Å². The summed E-state index contributed by atoms with van der Waals surface area (Å²) in [5.41, 5.74) is 5.00. The number of hydrogen-bond donors (Lipinski definition) is 0. The van der Waals surface area contributed by atoms with Gasteiger partial charge in [0.1, 0.15) is 0 Å². The highest BCUT2D eigenvalue weighted by Crippen LogP contribution is 2.22. The Labute approximate surface area is 153 Å². The van der Waals surface area contributed by atoms with Crippen LogP contribution in [0.15, 0.2) is 16.9 Å². The molecule has 0 amide bonds. The number of rotatable bonds is 4. The molecule has 0 unspecified atom stereocenters. The fraction of sp³-hybridized carbons (Fsp3) is 0.650. The minimum atomic E-state index is 0.0749. The Morgan fingerprint density at radius 3 is 2.73 bits per heavy atom. The second-order valence-electron chi connectivity index (χ2n) is 8.21. The van der Waals surface area contributed by atoms with Gasteiger partial charge in [0, 0.05) is 43.9 Å². The lowest BCUT2D eigenvalue weighted by Gasteiger charge is -2.38. The third-order valence-electron chi connectivity index (χ3n) is 6.09. The lowest BCUT2D eigenvalue weighted by atomic mass is 9.96. The monoisotopic (exact) mass is 353 g/mol. The highest BCUT2D eigenvalue weighted by atomic mass is 16.1. The molecule has 0 aromatic carbocycles. The minimum Gasteiger partial charge on any atom is -0.297 e. The predicted molar refractivity (Wildman–Crippen MR) is 99.1 cm³/mol. The summed E-state index contributed by atoms with van der Waals surface area (Å²) in [4.78, 5) is 14.8. The molecule has 2 aromatic heterocycles. The van der Waals surface area contributed by atoms with E-state index in [4.69, 9.17) is 5.10 Å². The van der Waals surface area contributed by atoms with Crippen molar-refractivity contribution in [3.05, 3.63) is 45.1 Å². The Bertz CT molecular complexity index is 838. The molecule has 1 aliphatic carbocycles. The maximum Gasteiger partial charge on any atom is 0.267 e. The van der Waals surface area contributed by atoms with Crippen LogP contribution < -0.4 is 5.56 Å². The molecule has 0 saturated carbocycles. The van der Waals surface area contributed by atoms with Crippen LogP contribution in [0.2, 0.25) is 0 Å². The molecule has 1 fully saturated rings. The van der Waals surface area contributed by atoms with Gasteiger partial charge in [-0.25, -0.2) is 4.68 Å². The Balaban J connectivity index is 1.19. The van der Waals surface area contributed by atoms with Gasteiger partial charge in [-0.15, -0.1) is 0 Å². The lowest BCUT2D eigenvalue weighted by Crippen LogP contribution is -2.49. The quantitative estimate of drug-likeness (QED) is 0.841. The molecular weight excluding hydrogens is 326 g/mol. The van der Waals surface area contributed by atoms with Crippen molar-refractivity contribution >= 4 is 0 Å². The van der Waals surface area contributed by atoms with Gasteiger partial charge in [0.2, 0.25) is 0 Å². The summed E-state index contributed by atoms with van der Waals surface area (Å²) in [6, 6.07) is 4.11. The van der Waals surface area contributed by atoms with Gasteiger partial charge in [-0.1, -0.05) is 0 Å². The van der Waals surface area contributed by atoms with Crippen molar-refractivity contribution < 1.29 is 0 Å². The zero-order chi connectivity index (χ0) is 17.5. The Hall–Kier alpha value is -1.95. The average Bonchev–Trinajstić information content (AvgIpc) is 3.02. The van der Waals surface area contributed by atoms with Crippen LogP contribution in [0.25, 0.3) is 0 Å². The van der Waals surface area contributed by atoms with E-state index < -0.39 is 0 Å². The van der Waals surface area contributed by atoms with E-state index in [1.54, 1.807) is 4.68 Å². The topological polar surface area (TPSA) is 56.0 Å². The Morgan fingerprint density at radius 2 is 1.85 bits per heavy atom. The zero-order valence-electron chi connectivity index (χ0n) is 15.4. The van der Waals surface area contributed by atoms with Crippen LogP contribution >= 0.6 is 0 Å². The summed E-state index contributed by atoms with van der Waals surface area (Å²) < 4.78 is 3.90. The first kappa shape index (κ1) is 16.2. The predicted octanol–water partition coefficient (Wildman–Crippen LogP) is 1.79. The maximum absolute atomic E-state index is 12.3. The maximum atomic E-state index is 12.3. The number of aryl methyl sites for hydroxylation is 4. The summed E-state index contributed by atoms with van der Waals surface area (Å²) in [5, 5.41) is 9.41. The number of aromatic nitrogens is 4. The highest BCUT2D eigenvalue weighted by molar-refractivity contribution is 5.20. The van der Waals surface area contributed by atoms with Gasteiger partial charge in [0.25, 0.3) is 5.56 Å². The van der Waals surface area contributed by atoms with Crippen LogP contribution in [0.3, 0.4) is 0 Å². The van der Waals surface area contributed by atoms with Gasteiger partial charge in [0.05, 0.1) is 17.9 Å². The highest BCUT2D eigenvalue weighted by Gasteiger charge is 2.29. The van der Waals surface area contributed by atoms with Gasteiger partial charge < -0.3 is 0 Å². The molecule has 0 spiro atoms. The third kappa shape index (κ3) is 3.11. The number of hydrogen-bond acceptors (Lipinski definition) is 4. The standard InChI is InChI=1S/C20H27N5O/c26-20-9-16-5-1-2-7-19(16)22-25(20)13-15-11-23(12-15)14-17-10-18-6-3-4-8-24(18)21-17/h9-10,15H,1-8,11-14H2. The molecule has 0 atom stereocenters. The van der Waals surface area contributed by atoms with Gasteiger partial charge in [-0.2, -0.15) is 10.2 Å². The van der Waals surface area contributed by atoms with E-state index in [-0.39, 0.29) is 5.56 Å². The molecule has 0 radical (unpaired) electrons. The molecule has 138 valence electrons. The molecular formula is C20H27N5O. The van der Waals surface area contributed by atoms with Crippen molar-refractivity contribution in [2.45, 2.75) is 64.6 Å². The van der Waals surface area contributed by atoms with E-state index in [1.807, 2.05) is 6.07 Å². The van der Waals surface area contributed by atoms with Crippen molar-refractivity contribution in [1.82, 2.24) is 24.5 Å². The van der Waals surface area contributed by atoms with Crippen molar-refractivity contribution in [3.8, 4) is 0 Å². The normalized spacial score (nSPS) is 20.5. The van der Waals surface area contributed by atoms with E-state index in [9.17, 15) is 4.79 Å². The average molecular weight is 353 g/mol. The molecule has 6 heteroatoms. The summed E-state index contributed by atoms with van der Waals surface area (Å²) in [5.74, 6) is 0.527. The van der Waals surface area contributed by atoms with Crippen molar-refractivity contribution in [1.29, 1.82) is 0 Å². The first-order valence-electron chi connectivity index (χ1n) is 10.1. The fourth-order valence-electron chi connectivity index (χ4n) is 4.68. The molecule has 26 heavy (non-hydrogen) atoms. The largest absolute Gasteiger partial charge is 0.297 e. The zero-order valence-corrected chi connectivity index (χ0v) is 15.4. The van der Waals surface area contributed by atoms with Gasteiger partial charge >= 0.3 is 0 Å². The molecule has 1 saturated heterocycles. The van der Waals surface area contributed by atoms with Gasteiger partial charge in [-0.3, -0.25) is 14.4 Å². The third-order valence-corrected chi connectivity index (χ3v) is 6.09. The Morgan fingerprint density at radius 1 is 1.00 bits per heavy atom. The first-order valence-corrected chi connectivity index (χ1v) is 10.1. The van der Waals surface area contributed by atoms with E-state index >= 15 is 0 Å². The molecule has 4 heterocycles. The van der Waals surface area contributed by atoms with Crippen LogP contribution in [-0.2, 0) is 38.9 Å². The fourth-order valence-corrected chi connectivity index (χ4v) is 4.68. The van der Waals surface area contributed by atoms with Crippen LogP contribution in [0.5, 0.6) is 0 Å². The second-order valence-corrected chi connectivity index (χ2v) is 8.21. The van der Waals surface area contributed by atoms with Gasteiger partial charge in [0.15, 0.2) is 0 Å². The molecule has 0 bridgehead atoms. The lowest BCUT2D eigenvalue weighted by molar-refractivity contribution is 0.0749. The van der Waals surface area contributed by atoms with E-state index in [0.29, 0.717) is 5.92 Å². The summed E-state index contributed by atoms with van der Waals surface area (Å²) in [6.07, 6.45) is 8.14. The summed E-state index contributed by atoms with van der Waals surface area (Å²) in [7, 11) is 0. The molecule has 3 aliphatic rings. The summed E-state index contributed by atoms with van der Waals surface area (Å²) >= 11 is 0. The van der Waals surface area contributed by atoms with Crippen molar-refractivity contribution in [2.75, 3.05) is 13.1 Å². The molecule has 6 nitrogen and oxygen atoms in total.